The first kappa shape index (κ1) is 21.3. The fraction of sp³-hybridized carbons (Fsp3) is 0.286. The molecule has 6 nitrogen and oxygen atoms in total. The molecule has 1 amide bonds. The lowest BCUT2D eigenvalue weighted by Crippen LogP contribution is -2.21. The van der Waals surface area contributed by atoms with Gasteiger partial charge in [-0.25, -0.2) is 4.79 Å². The monoisotopic (exact) mass is 398 g/mol. The molecule has 0 bridgehead atoms. The van der Waals surface area contributed by atoms with Crippen molar-refractivity contribution in [3.05, 3.63) is 53.6 Å². The number of hydrogen-bond acceptors (Lipinski definition) is 6. The van der Waals surface area contributed by atoms with E-state index in [1.54, 1.807) is 42.5 Å². The highest BCUT2D eigenvalue weighted by molar-refractivity contribution is 8.03. The number of benzene rings is 2. The summed E-state index contributed by atoms with van der Waals surface area (Å²) in [5.74, 6) is 0.0710. The minimum atomic E-state index is -0.581. The Morgan fingerprint density at radius 3 is 2.50 bits per heavy atom. The summed E-state index contributed by atoms with van der Waals surface area (Å²) >= 11 is 1.05. The van der Waals surface area contributed by atoms with Gasteiger partial charge >= 0.3 is 5.97 Å². The smallest absolute Gasteiger partial charge is 0.338 e. The van der Waals surface area contributed by atoms with Gasteiger partial charge < -0.3 is 14.8 Å². The number of rotatable bonds is 8. The van der Waals surface area contributed by atoms with E-state index < -0.39 is 18.5 Å². The Labute approximate surface area is 168 Å². The molecule has 0 aliphatic carbocycles. The van der Waals surface area contributed by atoms with Crippen LogP contribution in [-0.4, -0.2) is 25.1 Å². The van der Waals surface area contributed by atoms with E-state index in [-0.39, 0.29) is 0 Å². The maximum absolute atomic E-state index is 12.1. The Bertz CT molecular complexity index is 873. The molecular weight excluding hydrogens is 376 g/mol. The highest BCUT2D eigenvalue weighted by Gasteiger charge is 2.12. The van der Waals surface area contributed by atoms with Gasteiger partial charge in [0.1, 0.15) is 11.2 Å². The van der Waals surface area contributed by atoms with Crippen molar-refractivity contribution in [2.45, 2.75) is 25.7 Å². The minimum Gasteiger partial charge on any atom is -0.493 e. The molecule has 0 saturated heterocycles. The van der Waals surface area contributed by atoms with E-state index in [4.69, 9.17) is 14.7 Å². The maximum Gasteiger partial charge on any atom is 0.338 e. The number of nitrogens with one attached hydrogen (secondary N) is 1. The fourth-order valence-corrected chi connectivity index (χ4v) is 2.72. The summed E-state index contributed by atoms with van der Waals surface area (Å²) in [5.41, 5.74) is 1.77. The second-order valence-corrected chi connectivity index (χ2v) is 7.38. The Kier molecular flexibility index (Phi) is 7.90. The number of nitriles is 1. The molecule has 2 aromatic rings. The molecule has 0 saturated carbocycles. The largest absolute Gasteiger partial charge is 0.493 e. The number of carbonyl (C=O) groups excluding carboxylic acids is 2. The topological polar surface area (TPSA) is 88.4 Å². The molecule has 0 spiro atoms. The molecule has 7 heteroatoms. The number of carbonyl (C=O) groups is 2. The molecule has 2 aromatic carbocycles. The van der Waals surface area contributed by atoms with Crippen molar-refractivity contribution >= 4 is 29.3 Å². The first-order chi connectivity index (χ1) is 13.4. The lowest BCUT2D eigenvalue weighted by atomic mass is 10.2. The van der Waals surface area contributed by atoms with Crippen molar-refractivity contribution in [2.75, 3.05) is 18.5 Å². The summed E-state index contributed by atoms with van der Waals surface area (Å²) in [7, 11) is 0. The molecule has 28 heavy (non-hydrogen) atoms. The Balaban J connectivity index is 1.85. The van der Waals surface area contributed by atoms with Crippen LogP contribution in [0.4, 0.5) is 5.69 Å². The Hall–Kier alpha value is -2.98. The van der Waals surface area contributed by atoms with Crippen LogP contribution in [0.15, 0.2) is 47.4 Å². The average molecular weight is 398 g/mol. The van der Waals surface area contributed by atoms with E-state index in [0.29, 0.717) is 29.5 Å². The third-order valence-electron chi connectivity index (χ3n) is 3.64. The van der Waals surface area contributed by atoms with Gasteiger partial charge in [-0.15, -0.1) is 0 Å². The quantitative estimate of drug-likeness (QED) is 0.403. The van der Waals surface area contributed by atoms with Crippen LogP contribution in [0.2, 0.25) is 0 Å². The van der Waals surface area contributed by atoms with E-state index in [9.17, 15) is 9.59 Å². The summed E-state index contributed by atoms with van der Waals surface area (Å²) in [6, 6.07) is 11.9. The summed E-state index contributed by atoms with van der Waals surface area (Å²) in [4.78, 5) is 24.9. The zero-order valence-corrected chi connectivity index (χ0v) is 16.8. The van der Waals surface area contributed by atoms with E-state index in [2.05, 4.69) is 19.2 Å². The van der Waals surface area contributed by atoms with Gasteiger partial charge in [-0.2, -0.15) is 5.26 Å². The Morgan fingerprint density at radius 2 is 1.89 bits per heavy atom. The molecule has 0 aromatic heterocycles. The number of thiocyanates is 1. The summed E-state index contributed by atoms with van der Waals surface area (Å²) in [6.07, 6.45) is 0. The van der Waals surface area contributed by atoms with Crippen molar-refractivity contribution < 1.29 is 19.1 Å². The fourth-order valence-electron chi connectivity index (χ4n) is 2.24. The van der Waals surface area contributed by atoms with Crippen LogP contribution in [0.1, 0.15) is 29.8 Å². The van der Waals surface area contributed by atoms with Crippen LogP contribution in [0.25, 0.3) is 0 Å². The van der Waals surface area contributed by atoms with Crippen LogP contribution in [0, 0.1) is 23.5 Å². The summed E-state index contributed by atoms with van der Waals surface area (Å²) in [6.45, 7) is 6.14. The van der Waals surface area contributed by atoms with Crippen molar-refractivity contribution in [3.63, 3.8) is 0 Å². The predicted octanol–water partition coefficient (Wildman–Crippen LogP) is 4.40. The normalized spacial score (nSPS) is 10.2. The zero-order valence-electron chi connectivity index (χ0n) is 16.0. The summed E-state index contributed by atoms with van der Waals surface area (Å²) < 4.78 is 10.6. The van der Waals surface area contributed by atoms with Gasteiger partial charge in [-0.05, 0) is 72.6 Å². The highest BCUT2D eigenvalue weighted by Crippen LogP contribution is 2.23. The van der Waals surface area contributed by atoms with E-state index >= 15 is 0 Å². The first-order valence-corrected chi connectivity index (χ1v) is 9.57. The number of esters is 1. The van der Waals surface area contributed by atoms with Crippen LogP contribution >= 0.6 is 11.8 Å². The van der Waals surface area contributed by atoms with Crippen molar-refractivity contribution in [3.8, 4) is 11.2 Å². The molecular formula is C21H22N2O4S. The third-order valence-corrected chi connectivity index (χ3v) is 4.22. The van der Waals surface area contributed by atoms with Gasteiger partial charge in [0.15, 0.2) is 6.61 Å². The van der Waals surface area contributed by atoms with E-state index in [1.165, 1.54) is 0 Å². The minimum absolute atomic E-state index is 0.346. The second-order valence-electron chi connectivity index (χ2n) is 6.52. The lowest BCUT2D eigenvalue weighted by molar-refractivity contribution is -0.119. The number of aryl methyl sites for hydroxylation is 1. The van der Waals surface area contributed by atoms with Crippen LogP contribution in [0.3, 0.4) is 0 Å². The molecule has 1 N–H and O–H groups in total. The number of hydrogen-bond donors (Lipinski definition) is 1. The van der Waals surface area contributed by atoms with Crippen LogP contribution in [0.5, 0.6) is 5.75 Å². The number of thioether (sulfide) groups is 1. The molecule has 0 atom stereocenters. The van der Waals surface area contributed by atoms with Crippen molar-refractivity contribution in [1.29, 1.82) is 5.26 Å². The van der Waals surface area contributed by atoms with Gasteiger partial charge in [0, 0.05) is 10.6 Å². The molecule has 0 unspecified atom stereocenters. The number of anilines is 1. The van der Waals surface area contributed by atoms with E-state index in [0.717, 1.165) is 22.2 Å². The first-order valence-electron chi connectivity index (χ1n) is 8.75. The maximum atomic E-state index is 12.1. The average Bonchev–Trinajstić information content (AvgIpc) is 2.67. The van der Waals surface area contributed by atoms with Gasteiger partial charge in [-0.3, -0.25) is 4.79 Å². The lowest BCUT2D eigenvalue weighted by Gasteiger charge is -2.10. The molecule has 0 aliphatic heterocycles. The number of ether oxygens (including phenoxy) is 2. The Morgan fingerprint density at radius 1 is 1.18 bits per heavy atom. The van der Waals surface area contributed by atoms with Gasteiger partial charge in [0.05, 0.1) is 12.2 Å². The third kappa shape index (κ3) is 6.63. The standard InChI is InChI=1S/C21H22N2O4S/c1-14(2)11-26-17-6-4-16(5-7-17)21(25)27-12-20(24)23-19-9-8-18(28-13-22)10-15(19)3/h4-10,14H,11-12H2,1-3H3,(H,23,24). The zero-order chi connectivity index (χ0) is 20.5. The van der Waals surface area contributed by atoms with Gasteiger partial charge in [0.2, 0.25) is 0 Å². The number of amides is 1. The van der Waals surface area contributed by atoms with Gasteiger partial charge in [-0.1, -0.05) is 13.8 Å². The summed E-state index contributed by atoms with van der Waals surface area (Å²) in [5, 5.41) is 13.4. The van der Waals surface area contributed by atoms with Crippen molar-refractivity contribution in [1.82, 2.24) is 0 Å². The van der Waals surface area contributed by atoms with Crippen molar-refractivity contribution in [2.24, 2.45) is 5.92 Å². The number of nitrogens with zero attached hydrogens (tertiary/aromatic N) is 1. The molecule has 0 aliphatic rings. The highest BCUT2D eigenvalue weighted by atomic mass is 32.2. The SMILES string of the molecule is Cc1cc(SC#N)ccc1NC(=O)COC(=O)c1ccc(OCC(C)C)cc1. The van der Waals surface area contributed by atoms with E-state index in [1.807, 2.05) is 12.3 Å². The molecule has 146 valence electrons. The predicted molar refractivity (Wildman–Crippen MR) is 108 cm³/mol. The van der Waals surface area contributed by atoms with Crippen LogP contribution in [-0.2, 0) is 9.53 Å². The molecule has 2 rings (SSSR count). The molecule has 0 heterocycles. The molecule has 0 fully saturated rings. The van der Waals surface area contributed by atoms with Gasteiger partial charge in [0.25, 0.3) is 5.91 Å². The molecule has 0 radical (unpaired) electrons. The van der Waals surface area contributed by atoms with Crippen LogP contribution < -0.4 is 10.1 Å². The second kappa shape index (κ2) is 10.4.